The summed E-state index contributed by atoms with van der Waals surface area (Å²) in [7, 11) is 0. The molecule has 0 aromatic rings. The van der Waals surface area contributed by atoms with Crippen molar-refractivity contribution >= 4 is 0 Å². The summed E-state index contributed by atoms with van der Waals surface area (Å²) in [4.78, 5) is 0. The van der Waals surface area contributed by atoms with E-state index in [1.165, 1.54) is 13.0 Å². The number of hydrogen-bond acceptors (Lipinski definition) is 1. The molecular formula is C6H13N. The molecule has 0 spiro atoms. The fraction of sp³-hybridized carbons (Fsp3) is 1.00. The Balaban J connectivity index is 2.33. The highest BCUT2D eigenvalue weighted by atomic mass is 14.9. The maximum atomic E-state index is 3.37. The zero-order valence-corrected chi connectivity index (χ0v) is 5.07. The third kappa shape index (κ3) is 0.942. The van der Waals surface area contributed by atoms with E-state index >= 15 is 0 Å². The molecule has 0 unspecified atom stereocenters. The summed E-state index contributed by atoms with van der Waals surface area (Å²) in [6.45, 7) is 5.77. The summed E-state index contributed by atoms with van der Waals surface area (Å²) in [5.41, 5.74) is 0. The summed E-state index contributed by atoms with van der Waals surface area (Å²) in [6, 6.07) is 0.764. The molecule has 42 valence electrons. The molecule has 2 atom stereocenters. The highest BCUT2D eigenvalue weighted by Crippen LogP contribution is 2.12. The van der Waals surface area contributed by atoms with Crippen LogP contribution in [0.5, 0.6) is 0 Å². The average Bonchev–Trinajstić information content (AvgIpc) is 1.91. The third-order valence-electron chi connectivity index (χ3n) is 1.92. The van der Waals surface area contributed by atoms with Gasteiger partial charge in [-0.3, -0.25) is 0 Å². The summed E-state index contributed by atoms with van der Waals surface area (Å²) in [6.07, 6.45) is 1.36. The Labute approximate surface area is 45.1 Å². The molecule has 7 heavy (non-hydrogen) atoms. The molecule has 1 aliphatic rings. The van der Waals surface area contributed by atoms with Gasteiger partial charge in [0.05, 0.1) is 0 Å². The Morgan fingerprint density at radius 2 is 2.14 bits per heavy atom. The Kier molecular flexibility index (Phi) is 1.33. The van der Waals surface area contributed by atoms with Crippen LogP contribution in [0.3, 0.4) is 0 Å². The summed E-state index contributed by atoms with van der Waals surface area (Å²) < 4.78 is 0. The van der Waals surface area contributed by atoms with E-state index in [1.807, 2.05) is 0 Å². The maximum Gasteiger partial charge on any atom is 0.00648 e. The molecule has 0 aromatic heterocycles. The standard InChI is InChI=1S/C6H13N/c1-5-3-4-7-6(5)2/h5-7H,3-4H2,1-2H3/t5-,6-/m1/s1. The molecule has 0 amide bonds. The van der Waals surface area contributed by atoms with Gasteiger partial charge in [-0.2, -0.15) is 0 Å². The van der Waals surface area contributed by atoms with E-state index in [2.05, 4.69) is 19.2 Å². The molecule has 1 fully saturated rings. The lowest BCUT2D eigenvalue weighted by Crippen LogP contribution is -2.20. The predicted octanol–water partition coefficient (Wildman–Crippen LogP) is 1.00. The van der Waals surface area contributed by atoms with E-state index < -0.39 is 0 Å². The van der Waals surface area contributed by atoms with Crippen LogP contribution in [0, 0.1) is 5.92 Å². The van der Waals surface area contributed by atoms with Crippen molar-refractivity contribution in [3.05, 3.63) is 0 Å². The van der Waals surface area contributed by atoms with Crippen molar-refractivity contribution in [2.45, 2.75) is 26.3 Å². The molecule has 0 aliphatic carbocycles. The monoisotopic (exact) mass is 99.1 g/mol. The zero-order valence-electron chi connectivity index (χ0n) is 5.07. The molecule has 0 radical (unpaired) electrons. The summed E-state index contributed by atoms with van der Waals surface area (Å²) in [5.74, 6) is 0.903. The van der Waals surface area contributed by atoms with Crippen LogP contribution in [0.4, 0.5) is 0 Å². The van der Waals surface area contributed by atoms with Gasteiger partial charge in [-0.1, -0.05) is 6.92 Å². The van der Waals surface area contributed by atoms with Gasteiger partial charge in [-0.05, 0) is 25.8 Å². The Hall–Kier alpha value is -0.0400. The Bertz CT molecular complexity index is 53.2. The van der Waals surface area contributed by atoms with Gasteiger partial charge in [0.15, 0.2) is 0 Å². The lowest BCUT2D eigenvalue weighted by Gasteiger charge is -2.05. The molecule has 1 N–H and O–H groups in total. The van der Waals surface area contributed by atoms with Crippen molar-refractivity contribution in [2.75, 3.05) is 6.54 Å². The van der Waals surface area contributed by atoms with Crippen molar-refractivity contribution in [3.63, 3.8) is 0 Å². The molecule has 0 aromatic carbocycles. The second kappa shape index (κ2) is 1.83. The number of rotatable bonds is 0. The van der Waals surface area contributed by atoms with E-state index in [4.69, 9.17) is 0 Å². The van der Waals surface area contributed by atoms with Gasteiger partial charge >= 0.3 is 0 Å². The summed E-state index contributed by atoms with van der Waals surface area (Å²) >= 11 is 0. The summed E-state index contributed by atoms with van der Waals surface area (Å²) in [5, 5.41) is 3.37. The molecule has 0 bridgehead atoms. The highest BCUT2D eigenvalue weighted by molar-refractivity contribution is 4.75. The van der Waals surface area contributed by atoms with Gasteiger partial charge in [0.1, 0.15) is 0 Å². The van der Waals surface area contributed by atoms with Crippen molar-refractivity contribution in [1.82, 2.24) is 5.32 Å². The second-order valence-corrected chi connectivity index (χ2v) is 2.51. The molecule has 1 saturated heterocycles. The minimum Gasteiger partial charge on any atom is -0.314 e. The van der Waals surface area contributed by atoms with Gasteiger partial charge < -0.3 is 5.32 Å². The molecule has 1 rings (SSSR count). The van der Waals surface area contributed by atoms with Crippen LogP contribution in [-0.2, 0) is 0 Å². The SMILES string of the molecule is C[C@@H]1CCN[C@@H]1C. The minimum atomic E-state index is 0.764. The quantitative estimate of drug-likeness (QED) is 0.478. The van der Waals surface area contributed by atoms with Crippen molar-refractivity contribution in [2.24, 2.45) is 5.92 Å². The fourth-order valence-electron chi connectivity index (χ4n) is 0.990. The van der Waals surface area contributed by atoms with E-state index in [0.29, 0.717) is 0 Å². The molecular weight excluding hydrogens is 86.1 g/mol. The number of hydrogen-bond donors (Lipinski definition) is 1. The topological polar surface area (TPSA) is 12.0 Å². The third-order valence-corrected chi connectivity index (χ3v) is 1.92. The molecule has 1 heteroatoms. The predicted molar refractivity (Wildman–Crippen MR) is 31.2 cm³/mol. The van der Waals surface area contributed by atoms with Crippen LogP contribution in [0.25, 0.3) is 0 Å². The van der Waals surface area contributed by atoms with Gasteiger partial charge in [-0.25, -0.2) is 0 Å². The smallest absolute Gasteiger partial charge is 0.00648 e. The van der Waals surface area contributed by atoms with Crippen LogP contribution in [0.15, 0.2) is 0 Å². The first-order valence-corrected chi connectivity index (χ1v) is 3.04. The molecule has 1 nitrogen and oxygen atoms in total. The fourth-order valence-corrected chi connectivity index (χ4v) is 0.990. The van der Waals surface area contributed by atoms with Gasteiger partial charge in [0.2, 0.25) is 0 Å². The average molecular weight is 99.2 g/mol. The Morgan fingerprint density at radius 3 is 2.29 bits per heavy atom. The molecule has 1 heterocycles. The first-order valence-electron chi connectivity index (χ1n) is 3.04. The Morgan fingerprint density at radius 1 is 1.43 bits per heavy atom. The molecule has 0 saturated carbocycles. The molecule has 1 aliphatic heterocycles. The van der Waals surface area contributed by atoms with Gasteiger partial charge in [0, 0.05) is 6.04 Å². The van der Waals surface area contributed by atoms with E-state index in [9.17, 15) is 0 Å². The van der Waals surface area contributed by atoms with Crippen molar-refractivity contribution in [3.8, 4) is 0 Å². The lowest BCUT2D eigenvalue weighted by molar-refractivity contribution is 0.519. The van der Waals surface area contributed by atoms with Gasteiger partial charge in [-0.15, -0.1) is 0 Å². The van der Waals surface area contributed by atoms with E-state index in [0.717, 1.165) is 12.0 Å². The van der Waals surface area contributed by atoms with Crippen molar-refractivity contribution < 1.29 is 0 Å². The van der Waals surface area contributed by atoms with E-state index in [-0.39, 0.29) is 0 Å². The minimum absolute atomic E-state index is 0.764. The van der Waals surface area contributed by atoms with Crippen LogP contribution in [-0.4, -0.2) is 12.6 Å². The van der Waals surface area contributed by atoms with Crippen LogP contribution >= 0.6 is 0 Å². The zero-order chi connectivity index (χ0) is 5.28. The van der Waals surface area contributed by atoms with E-state index in [1.54, 1.807) is 0 Å². The van der Waals surface area contributed by atoms with Crippen molar-refractivity contribution in [1.29, 1.82) is 0 Å². The number of nitrogens with one attached hydrogen (secondary N) is 1. The first-order chi connectivity index (χ1) is 3.30. The van der Waals surface area contributed by atoms with Gasteiger partial charge in [0.25, 0.3) is 0 Å². The maximum absolute atomic E-state index is 3.37. The first kappa shape index (κ1) is 5.10. The highest BCUT2D eigenvalue weighted by Gasteiger charge is 2.16. The van der Waals surface area contributed by atoms with Crippen LogP contribution in [0.2, 0.25) is 0 Å². The lowest BCUT2D eigenvalue weighted by atomic mass is 10.1. The van der Waals surface area contributed by atoms with Crippen LogP contribution < -0.4 is 5.32 Å². The second-order valence-electron chi connectivity index (χ2n) is 2.51. The largest absolute Gasteiger partial charge is 0.314 e. The normalized spacial score (nSPS) is 42.0. The van der Waals surface area contributed by atoms with Crippen LogP contribution in [0.1, 0.15) is 20.3 Å².